The van der Waals surface area contributed by atoms with Gasteiger partial charge in [0.2, 0.25) is 11.8 Å². The van der Waals surface area contributed by atoms with Crippen molar-refractivity contribution in [1.82, 2.24) is 0 Å². The Morgan fingerprint density at radius 3 is 1.40 bits per heavy atom. The number of phosphoric acid groups is 2. The van der Waals surface area contributed by atoms with Gasteiger partial charge in [-0.2, -0.15) is 0 Å². The van der Waals surface area contributed by atoms with E-state index in [4.69, 9.17) is 30.4 Å². The zero-order valence-corrected chi connectivity index (χ0v) is 11.4. The Morgan fingerprint density at radius 1 is 0.850 bits per heavy atom. The standard InChI is InChI=1S/C8H10N2O8P2/c9-7(17-19(11,12)13)5-3-1-2-4-6(5)8(10)18-20(14,15)16/h1-4,9-10H,(H2,11,12,13)(H2,14,15,16). The molecule has 110 valence electrons. The first kappa shape index (κ1) is 16.5. The molecular formula is C8H10N2O8P2. The van der Waals surface area contributed by atoms with Gasteiger partial charge in [-0.3, -0.25) is 30.4 Å². The second-order valence-corrected chi connectivity index (χ2v) is 5.70. The van der Waals surface area contributed by atoms with Crippen LogP contribution in [-0.2, 0) is 18.2 Å². The summed E-state index contributed by atoms with van der Waals surface area (Å²) in [5.74, 6) is -1.93. The molecule has 12 heteroatoms. The monoisotopic (exact) mass is 324 g/mol. The molecule has 20 heavy (non-hydrogen) atoms. The van der Waals surface area contributed by atoms with Crippen molar-refractivity contribution in [1.29, 1.82) is 10.8 Å². The Bertz CT molecular complexity index is 578. The number of hydrogen-bond donors (Lipinski definition) is 6. The molecule has 0 unspecified atom stereocenters. The number of phosphoric ester groups is 2. The molecule has 0 fully saturated rings. The molecule has 0 aliphatic heterocycles. The van der Waals surface area contributed by atoms with Crippen molar-refractivity contribution in [2.75, 3.05) is 0 Å². The largest absolute Gasteiger partial charge is 0.526 e. The van der Waals surface area contributed by atoms with Crippen molar-refractivity contribution < 1.29 is 37.8 Å². The lowest BCUT2D eigenvalue weighted by molar-refractivity contribution is 0.274. The number of hydrogen-bond acceptors (Lipinski definition) is 6. The first-order chi connectivity index (χ1) is 8.99. The fourth-order valence-electron chi connectivity index (χ4n) is 1.22. The van der Waals surface area contributed by atoms with Crippen LogP contribution in [0.1, 0.15) is 11.1 Å². The van der Waals surface area contributed by atoms with Gasteiger partial charge in [-0.1, -0.05) is 12.1 Å². The molecule has 1 rings (SSSR count). The molecular weight excluding hydrogens is 314 g/mol. The van der Waals surface area contributed by atoms with Gasteiger partial charge in [0.15, 0.2) is 0 Å². The van der Waals surface area contributed by atoms with Crippen LogP contribution in [0, 0.1) is 10.8 Å². The predicted octanol–water partition coefficient (Wildman–Crippen LogP) is 0.556. The Kier molecular flexibility index (Phi) is 4.82. The van der Waals surface area contributed by atoms with E-state index in [-0.39, 0.29) is 11.1 Å². The maximum atomic E-state index is 10.6. The predicted molar refractivity (Wildman–Crippen MR) is 66.4 cm³/mol. The van der Waals surface area contributed by atoms with Crippen molar-refractivity contribution in [2.24, 2.45) is 0 Å². The molecule has 0 aliphatic rings. The van der Waals surface area contributed by atoms with Crippen LogP contribution in [0.4, 0.5) is 0 Å². The van der Waals surface area contributed by atoms with Gasteiger partial charge < -0.3 is 9.05 Å². The molecule has 1 aromatic rings. The minimum Gasteiger partial charge on any atom is -0.386 e. The lowest BCUT2D eigenvalue weighted by atomic mass is 10.1. The van der Waals surface area contributed by atoms with E-state index in [1.54, 1.807) is 0 Å². The summed E-state index contributed by atoms with van der Waals surface area (Å²) in [5, 5.41) is 14.8. The summed E-state index contributed by atoms with van der Waals surface area (Å²) in [6.45, 7) is 0. The average Bonchev–Trinajstić information content (AvgIpc) is 2.24. The summed E-state index contributed by atoms with van der Waals surface area (Å²) in [4.78, 5) is 34.4. The summed E-state index contributed by atoms with van der Waals surface area (Å²) in [5.41, 5.74) is -0.538. The second-order valence-electron chi connectivity index (χ2n) is 3.37. The van der Waals surface area contributed by atoms with Crippen LogP contribution in [0.3, 0.4) is 0 Å². The molecule has 0 spiro atoms. The first-order valence-corrected chi connectivity index (χ1v) is 7.83. The Balaban J connectivity index is 3.11. The Morgan fingerprint density at radius 2 is 1.15 bits per heavy atom. The molecule has 0 heterocycles. The lowest BCUT2D eigenvalue weighted by Crippen LogP contribution is -2.12. The van der Waals surface area contributed by atoms with Crippen molar-refractivity contribution in [3.63, 3.8) is 0 Å². The van der Waals surface area contributed by atoms with E-state index in [9.17, 15) is 9.13 Å². The van der Waals surface area contributed by atoms with Crippen LogP contribution < -0.4 is 0 Å². The number of rotatable bonds is 4. The summed E-state index contributed by atoms with van der Waals surface area (Å²) in [6, 6.07) is 5.10. The fourth-order valence-corrected chi connectivity index (χ4v) is 1.89. The molecule has 1 aromatic carbocycles. The van der Waals surface area contributed by atoms with Gasteiger partial charge in [0.05, 0.1) is 0 Å². The van der Waals surface area contributed by atoms with Gasteiger partial charge in [0, 0.05) is 11.1 Å². The van der Waals surface area contributed by atoms with Gasteiger partial charge in [0.1, 0.15) is 0 Å². The third-order valence-electron chi connectivity index (χ3n) is 1.84. The second kappa shape index (κ2) is 5.84. The summed E-state index contributed by atoms with van der Waals surface area (Å²) >= 11 is 0. The smallest absolute Gasteiger partial charge is 0.386 e. The zero-order chi connectivity index (χ0) is 15.6. The minimum atomic E-state index is -4.97. The molecule has 0 saturated heterocycles. The van der Waals surface area contributed by atoms with E-state index in [2.05, 4.69) is 9.05 Å². The lowest BCUT2D eigenvalue weighted by Gasteiger charge is -2.13. The van der Waals surface area contributed by atoms with E-state index in [0.717, 1.165) is 0 Å². The van der Waals surface area contributed by atoms with E-state index in [1.165, 1.54) is 24.3 Å². The molecule has 0 saturated carbocycles. The molecule has 0 amide bonds. The van der Waals surface area contributed by atoms with Crippen molar-refractivity contribution >= 4 is 27.4 Å². The first-order valence-electron chi connectivity index (χ1n) is 4.77. The zero-order valence-electron chi connectivity index (χ0n) is 9.63. The van der Waals surface area contributed by atoms with Crippen LogP contribution in [-0.4, -0.2) is 31.4 Å². The van der Waals surface area contributed by atoms with Crippen LogP contribution in [0.25, 0.3) is 0 Å². The van der Waals surface area contributed by atoms with Gasteiger partial charge in [-0.05, 0) is 12.1 Å². The van der Waals surface area contributed by atoms with Crippen molar-refractivity contribution in [2.45, 2.75) is 0 Å². The molecule has 0 bridgehead atoms. The van der Waals surface area contributed by atoms with Gasteiger partial charge in [-0.15, -0.1) is 0 Å². The maximum Gasteiger partial charge on any atom is 0.526 e. The topological polar surface area (TPSA) is 181 Å². The van der Waals surface area contributed by atoms with Gasteiger partial charge in [-0.25, -0.2) is 9.13 Å². The molecule has 6 N–H and O–H groups in total. The third kappa shape index (κ3) is 5.22. The highest BCUT2D eigenvalue weighted by atomic mass is 31.2. The SMILES string of the molecule is N=C(OP(=O)(O)O)c1ccccc1C(=N)OP(=O)(O)O. The van der Waals surface area contributed by atoms with Crippen molar-refractivity contribution in [3.05, 3.63) is 35.4 Å². The van der Waals surface area contributed by atoms with E-state index in [1.807, 2.05) is 0 Å². The summed E-state index contributed by atoms with van der Waals surface area (Å²) in [6.07, 6.45) is 0. The summed E-state index contributed by atoms with van der Waals surface area (Å²) in [7, 11) is -9.94. The molecule has 10 nitrogen and oxygen atoms in total. The Labute approximate surface area is 112 Å². The average molecular weight is 324 g/mol. The molecule has 0 atom stereocenters. The van der Waals surface area contributed by atoms with Gasteiger partial charge in [0.25, 0.3) is 0 Å². The third-order valence-corrected chi connectivity index (χ3v) is 2.68. The highest BCUT2D eigenvalue weighted by molar-refractivity contribution is 7.47. The quantitative estimate of drug-likeness (QED) is 0.264. The molecule has 0 aromatic heterocycles. The fraction of sp³-hybridized carbons (Fsp3) is 0. The van der Waals surface area contributed by atoms with Crippen LogP contribution in [0.5, 0.6) is 0 Å². The maximum absolute atomic E-state index is 10.6. The number of benzene rings is 1. The van der Waals surface area contributed by atoms with Crippen molar-refractivity contribution in [3.8, 4) is 0 Å². The van der Waals surface area contributed by atoms with Crippen LogP contribution in [0.15, 0.2) is 24.3 Å². The highest BCUT2D eigenvalue weighted by Gasteiger charge is 2.25. The van der Waals surface area contributed by atoms with Gasteiger partial charge >= 0.3 is 15.6 Å². The Hall–Kier alpha value is -1.54. The summed E-state index contributed by atoms with van der Waals surface area (Å²) < 4.78 is 29.4. The number of nitrogens with one attached hydrogen (secondary N) is 2. The highest BCUT2D eigenvalue weighted by Crippen LogP contribution is 2.39. The van der Waals surface area contributed by atoms with Crippen LogP contribution in [0.2, 0.25) is 0 Å². The molecule has 0 aliphatic carbocycles. The molecule has 0 radical (unpaired) electrons. The minimum absolute atomic E-state index is 0.269. The van der Waals surface area contributed by atoms with Crippen LogP contribution >= 0.6 is 15.6 Å². The normalized spacial score (nSPS) is 11.8. The van der Waals surface area contributed by atoms with E-state index >= 15 is 0 Å². The van der Waals surface area contributed by atoms with E-state index in [0.29, 0.717) is 0 Å². The van der Waals surface area contributed by atoms with E-state index < -0.39 is 27.4 Å².